The van der Waals surface area contributed by atoms with Gasteiger partial charge in [-0.15, -0.1) is 0 Å². The first kappa shape index (κ1) is 20.4. The Morgan fingerprint density at radius 2 is 2.07 bits per heavy atom. The van der Waals surface area contributed by atoms with Crippen LogP contribution in [-0.4, -0.2) is 43.5 Å². The topological polar surface area (TPSA) is 58.1 Å². The van der Waals surface area contributed by atoms with Gasteiger partial charge in [-0.3, -0.25) is 0 Å². The van der Waals surface area contributed by atoms with Crippen molar-refractivity contribution < 1.29 is 14.2 Å². The van der Waals surface area contributed by atoms with Crippen LogP contribution in [0.5, 0.6) is 5.75 Å². The van der Waals surface area contributed by atoms with Gasteiger partial charge in [0.15, 0.2) is 0 Å². The second-order valence-electron chi connectivity index (χ2n) is 8.72. The minimum atomic E-state index is -0.754. The molecule has 4 nitrogen and oxygen atoms in total. The van der Waals surface area contributed by atoms with Crippen molar-refractivity contribution in [2.24, 2.45) is 5.92 Å². The van der Waals surface area contributed by atoms with Crippen molar-refractivity contribution in [1.82, 2.24) is 9.97 Å². The molecule has 2 heterocycles. The number of nitrogens with one attached hydrogen (secondary N) is 1. The summed E-state index contributed by atoms with van der Waals surface area (Å²) in [5.41, 5.74) is 0.740. The van der Waals surface area contributed by atoms with Gasteiger partial charge in [0.1, 0.15) is 0 Å². The molecule has 1 atom stereocenters. The number of halogens is 1. The van der Waals surface area contributed by atoms with Crippen LogP contribution in [0.15, 0.2) is 42.7 Å². The van der Waals surface area contributed by atoms with Gasteiger partial charge in [-0.05, 0) is 0 Å². The van der Waals surface area contributed by atoms with E-state index in [0.29, 0.717) is 18.1 Å². The molecule has 1 aromatic carbocycles. The number of H-pyrrole nitrogens is 1. The number of rotatable bonds is 8. The fraction of sp³-hybridized carbons (Fsp3) is 0.435. The van der Waals surface area contributed by atoms with E-state index in [1.807, 2.05) is 12.3 Å². The molecule has 3 aromatic rings. The van der Waals surface area contributed by atoms with E-state index >= 15 is 0 Å². The maximum atomic E-state index is 14.0. The summed E-state index contributed by atoms with van der Waals surface area (Å²) in [4.78, 5) is 7.65. The van der Waals surface area contributed by atoms with E-state index in [4.69, 9.17) is 4.74 Å². The standard InChI is InChI=1S/C23H27AsFN2O2/c1-22(2,18-11-17(25)6-7-20(18)29-3)13-23(28,16-4-5-16)14-24-21-10-15-12-26-9-8-19(15)27-21/h6-12,16,27-28H,4-5,13-14H2,1-3H3. The average Bonchev–Trinajstić information content (AvgIpc) is 3.46. The van der Waals surface area contributed by atoms with Gasteiger partial charge in [-0.2, -0.15) is 0 Å². The molecular formula is C23H27AsFN2O2. The van der Waals surface area contributed by atoms with Crippen LogP contribution in [0.25, 0.3) is 10.9 Å². The molecule has 2 aromatic heterocycles. The van der Waals surface area contributed by atoms with Gasteiger partial charge in [-0.25, -0.2) is 0 Å². The minimum absolute atomic E-state index is 0.217. The summed E-state index contributed by atoms with van der Waals surface area (Å²) in [7, 11) is 1.61. The summed E-state index contributed by atoms with van der Waals surface area (Å²) >= 11 is -0.217. The van der Waals surface area contributed by atoms with E-state index in [2.05, 4.69) is 29.9 Å². The summed E-state index contributed by atoms with van der Waals surface area (Å²) in [6.07, 6.45) is 6.36. The number of aromatic amines is 1. The van der Waals surface area contributed by atoms with Crippen molar-refractivity contribution in [3.8, 4) is 5.75 Å². The number of hydrogen-bond donors (Lipinski definition) is 2. The molecule has 6 heteroatoms. The van der Waals surface area contributed by atoms with Crippen LogP contribution in [-0.2, 0) is 5.41 Å². The molecule has 1 saturated carbocycles. The van der Waals surface area contributed by atoms with Crippen molar-refractivity contribution in [3.05, 3.63) is 54.1 Å². The summed E-state index contributed by atoms with van der Waals surface area (Å²) in [5, 5.41) is 13.5. The molecule has 1 aliphatic rings. The van der Waals surface area contributed by atoms with E-state index in [-0.39, 0.29) is 21.6 Å². The van der Waals surface area contributed by atoms with Crippen molar-refractivity contribution in [3.63, 3.8) is 0 Å². The third kappa shape index (κ3) is 4.36. The number of fused-ring (bicyclic) bond motifs is 1. The predicted octanol–water partition coefficient (Wildman–Crippen LogP) is 3.97. The Balaban J connectivity index is 1.55. The molecule has 0 bridgehead atoms. The van der Waals surface area contributed by atoms with Crippen LogP contribution >= 0.6 is 0 Å². The molecule has 1 radical (unpaired) electrons. The van der Waals surface area contributed by atoms with Crippen LogP contribution in [0.1, 0.15) is 38.7 Å². The van der Waals surface area contributed by atoms with E-state index in [0.717, 1.165) is 34.5 Å². The Kier molecular flexibility index (Phi) is 5.48. The molecule has 1 unspecified atom stereocenters. The molecule has 153 valence electrons. The first-order valence-electron chi connectivity index (χ1n) is 9.97. The molecule has 0 spiro atoms. The zero-order valence-corrected chi connectivity index (χ0v) is 19.0. The summed E-state index contributed by atoms with van der Waals surface area (Å²) in [6, 6.07) is 8.77. The first-order chi connectivity index (χ1) is 13.8. The van der Waals surface area contributed by atoms with Crippen molar-refractivity contribution in [2.45, 2.75) is 49.3 Å². The molecule has 2 N–H and O–H groups in total. The summed E-state index contributed by atoms with van der Waals surface area (Å²) < 4.78 is 20.7. The Bertz CT molecular complexity index is 982. The van der Waals surface area contributed by atoms with E-state index in [1.165, 1.54) is 10.5 Å². The number of aromatic nitrogens is 2. The van der Waals surface area contributed by atoms with Gasteiger partial charge in [0, 0.05) is 0 Å². The molecule has 0 amide bonds. The van der Waals surface area contributed by atoms with Crippen LogP contribution in [0.4, 0.5) is 4.39 Å². The zero-order valence-electron chi connectivity index (χ0n) is 17.1. The Hall–Kier alpha value is -1.84. The molecule has 0 saturated heterocycles. The first-order valence-corrected chi connectivity index (χ1v) is 12.2. The molecular weight excluding hydrogens is 430 g/mol. The van der Waals surface area contributed by atoms with Crippen LogP contribution < -0.4 is 9.22 Å². The quantitative estimate of drug-likeness (QED) is 0.504. The van der Waals surface area contributed by atoms with Gasteiger partial charge < -0.3 is 0 Å². The second kappa shape index (κ2) is 7.77. The Morgan fingerprint density at radius 3 is 2.76 bits per heavy atom. The van der Waals surface area contributed by atoms with E-state index in [1.54, 1.807) is 25.4 Å². The maximum absolute atomic E-state index is 14.0. The number of benzene rings is 1. The Morgan fingerprint density at radius 1 is 1.28 bits per heavy atom. The molecule has 1 aliphatic carbocycles. The summed E-state index contributed by atoms with van der Waals surface area (Å²) in [5.74, 6) is 0.718. The Labute approximate surface area is 177 Å². The molecule has 4 rings (SSSR count). The molecule has 0 aliphatic heterocycles. The number of methoxy groups -OCH3 is 1. The van der Waals surface area contributed by atoms with Crippen molar-refractivity contribution in [2.75, 3.05) is 7.11 Å². The third-order valence-electron chi connectivity index (χ3n) is 5.91. The van der Waals surface area contributed by atoms with Gasteiger partial charge in [0.05, 0.1) is 0 Å². The predicted molar refractivity (Wildman–Crippen MR) is 115 cm³/mol. The van der Waals surface area contributed by atoms with Crippen LogP contribution in [0, 0.1) is 11.7 Å². The van der Waals surface area contributed by atoms with Gasteiger partial charge in [0.25, 0.3) is 0 Å². The van der Waals surface area contributed by atoms with Gasteiger partial charge >= 0.3 is 178 Å². The number of pyridine rings is 1. The normalized spacial score (nSPS) is 17.1. The van der Waals surface area contributed by atoms with Crippen LogP contribution in [0.2, 0.25) is 5.21 Å². The van der Waals surface area contributed by atoms with Crippen molar-refractivity contribution >= 4 is 31.1 Å². The number of ether oxygens (including phenoxy) is 1. The van der Waals surface area contributed by atoms with E-state index < -0.39 is 11.0 Å². The summed E-state index contributed by atoms with van der Waals surface area (Å²) in [6.45, 7) is 4.14. The fourth-order valence-corrected chi connectivity index (χ4v) is 6.89. The van der Waals surface area contributed by atoms with Gasteiger partial charge in [0.2, 0.25) is 0 Å². The average molecular weight is 457 g/mol. The molecule has 29 heavy (non-hydrogen) atoms. The fourth-order valence-electron chi connectivity index (χ4n) is 4.28. The van der Waals surface area contributed by atoms with Crippen LogP contribution in [0.3, 0.4) is 0 Å². The number of hydrogen-bond acceptors (Lipinski definition) is 3. The SMILES string of the molecule is COc1ccc(F)cc1C(C)(C)CC(O)(C[As]c1cc2cnccc2[nH]1)C1CC1. The van der Waals surface area contributed by atoms with Gasteiger partial charge in [-0.1, -0.05) is 0 Å². The second-order valence-corrected chi connectivity index (χ2v) is 11.1. The molecule has 1 fully saturated rings. The number of aliphatic hydroxyl groups is 1. The van der Waals surface area contributed by atoms with E-state index in [9.17, 15) is 9.50 Å². The number of nitrogens with zero attached hydrogens (tertiary/aromatic N) is 1. The zero-order chi connectivity index (χ0) is 20.6. The monoisotopic (exact) mass is 457 g/mol. The van der Waals surface area contributed by atoms with Crippen molar-refractivity contribution in [1.29, 1.82) is 0 Å². The third-order valence-corrected chi connectivity index (χ3v) is 8.61.